The normalized spacial score (nSPS) is 22.6. The van der Waals surface area contributed by atoms with Gasteiger partial charge in [-0.15, -0.1) is 0 Å². The van der Waals surface area contributed by atoms with Crippen molar-refractivity contribution >= 4 is 0 Å². The smallest absolute Gasteiger partial charge is 0.124 e. The molecule has 0 spiro atoms. The Bertz CT molecular complexity index is 571. The van der Waals surface area contributed by atoms with Gasteiger partial charge in [-0.3, -0.25) is 9.80 Å². The van der Waals surface area contributed by atoms with Crippen LogP contribution in [0.25, 0.3) is 0 Å². The molecule has 4 heteroatoms. The molecule has 1 aromatic rings. The minimum Gasteiger partial charge on any atom is -0.496 e. The lowest BCUT2D eigenvalue weighted by Gasteiger charge is -2.34. The van der Waals surface area contributed by atoms with E-state index in [0.717, 1.165) is 23.8 Å². The number of nitrogens with zero attached hydrogens (tertiary/aromatic N) is 2. The van der Waals surface area contributed by atoms with Gasteiger partial charge in [-0.2, -0.15) is 0 Å². The maximum atomic E-state index is 5.47. The van der Waals surface area contributed by atoms with Crippen molar-refractivity contribution in [3.05, 3.63) is 29.3 Å². The van der Waals surface area contributed by atoms with Gasteiger partial charge in [0.15, 0.2) is 0 Å². The Labute approximate surface area is 159 Å². The minimum absolute atomic E-state index is 0.598. The standard InChI is InChI=1S/C22H36N2O2/c1-17(2)21-15-23(10-5-11-24(21)14-18-6-7-18)13-19-8-9-22(26-4)20(12-19)16-25-3/h8-9,12,17-18,21H,5-7,10-11,13-16H2,1-4H3/t21-/m1/s1. The predicted molar refractivity (Wildman–Crippen MR) is 107 cm³/mol. The molecule has 1 heterocycles. The van der Waals surface area contributed by atoms with Crippen LogP contribution in [-0.2, 0) is 17.9 Å². The van der Waals surface area contributed by atoms with Crippen molar-refractivity contribution in [2.75, 3.05) is 40.4 Å². The highest BCUT2D eigenvalue weighted by Crippen LogP contribution is 2.32. The number of rotatable bonds is 8. The molecule has 0 unspecified atom stereocenters. The fourth-order valence-corrected chi connectivity index (χ4v) is 4.23. The van der Waals surface area contributed by atoms with Crippen molar-refractivity contribution in [3.8, 4) is 5.75 Å². The second-order valence-corrected chi connectivity index (χ2v) is 8.42. The fourth-order valence-electron chi connectivity index (χ4n) is 4.23. The molecule has 1 aliphatic heterocycles. The largest absolute Gasteiger partial charge is 0.496 e. The third-order valence-corrected chi connectivity index (χ3v) is 5.84. The Kier molecular flexibility index (Phi) is 6.96. The second-order valence-electron chi connectivity index (χ2n) is 8.42. The van der Waals surface area contributed by atoms with Crippen LogP contribution >= 0.6 is 0 Å². The zero-order valence-electron chi connectivity index (χ0n) is 17.0. The Balaban J connectivity index is 1.67. The van der Waals surface area contributed by atoms with Crippen molar-refractivity contribution in [2.24, 2.45) is 11.8 Å². The lowest BCUT2D eigenvalue weighted by atomic mass is 10.0. The average Bonchev–Trinajstić information content (AvgIpc) is 3.44. The highest BCUT2D eigenvalue weighted by atomic mass is 16.5. The van der Waals surface area contributed by atoms with Crippen LogP contribution in [0.3, 0.4) is 0 Å². The number of methoxy groups -OCH3 is 2. The van der Waals surface area contributed by atoms with Crippen LogP contribution in [0.1, 0.15) is 44.2 Å². The van der Waals surface area contributed by atoms with Crippen molar-refractivity contribution in [2.45, 2.75) is 52.3 Å². The van der Waals surface area contributed by atoms with Gasteiger partial charge in [-0.25, -0.2) is 0 Å². The van der Waals surface area contributed by atoms with E-state index in [1.54, 1.807) is 14.2 Å². The van der Waals surface area contributed by atoms with E-state index in [-0.39, 0.29) is 0 Å². The maximum absolute atomic E-state index is 5.47. The molecule has 0 bridgehead atoms. The molecule has 3 rings (SSSR count). The van der Waals surface area contributed by atoms with Gasteiger partial charge in [-0.05, 0) is 61.9 Å². The molecule has 0 amide bonds. The average molecular weight is 361 g/mol. The van der Waals surface area contributed by atoms with E-state index in [1.807, 2.05) is 0 Å². The molecule has 0 N–H and O–H groups in total. The number of hydrogen-bond acceptors (Lipinski definition) is 4. The van der Waals surface area contributed by atoms with Crippen molar-refractivity contribution in [3.63, 3.8) is 0 Å². The molecule has 2 fully saturated rings. The van der Waals surface area contributed by atoms with Crippen LogP contribution in [0.5, 0.6) is 5.75 Å². The first-order valence-electron chi connectivity index (χ1n) is 10.2. The first-order chi connectivity index (χ1) is 12.6. The summed E-state index contributed by atoms with van der Waals surface area (Å²) < 4.78 is 10.8. The molecule has 1 saturated carbocycles. The lowest BCUT2D eigenvalue weighted by molar-refractivity contribution is 0.132. The Morgan fingerprint density at radius 3 is 2.62 bits per heavy atom. The molecule has 2 aliphatic rings. The quantitative estimate of drug-likeness (QED) is 0.704. The van der Waals surface area contributed by atoms with Crippen molar-refractivity contribution < 1.29 is 9.47 Å². The number of hydrogen-bond donors (Lipinski definition) is 0. The summed E-state index contributed by atoms with van der Waals surface area (Å²) in [6.45, 7) is 11.3. The third kappa shape index (κ3) is 5.21. The summed E-state index contributed by atoms with van der Waals surface area (Å²) in [5.41, 5.74) is 2.49. The highest BCUT2D eigenvalue weighted by Gasteiger charge is 2.32. The second kappa shape index (κ2) is 9.20. The van der Waals surface area contributed by atoms with Gasteiger partial charge < -0.3 is 9.47 Å². The molecular weight excluding hydrogens is 324 g/mol. The van der Waals surface area contributed by atoms with Gasteiger partial charge in [0.05, 0.1) is 13.7 Å². The van der Waals surface area contributed by atoms with E-state index in [0.29, 0.717) is 18.6 Å². The topological polar surface area (TPSA) is 24.9 Å². The predicted octanol–water partition coefficient (Wildman–Crippen LogP) is 3.78. The van der Waals surface area contributed by atoms with E-state index in [2.05, 4.69) is 41.8 Å². The molecule has 1 atom stereocenters. The summed E-state index contributed by atoms with van der Waals surface area (Å²) in [5, 5.41) is 0. The summed E-state index contributed by atoms with van der Waals surface area (Å²) in [4.78, 5) is 5.43. The molecular formula is C22H36N2O2. The molecule has 1 aromatic carbocycles. The first-order valence-corrected chi connectivity index (χ1v) is 10.2. The van der Waals surface area contributed by atoms with Gasteiger partial charge in [0.1, 0.15) is 5.75 Å². The zero-order chi connectivity index (χ0) is 18.5. The van der Waals surface area contributed by atoms with Crippen LogP contribution in [0.4, 0.5) is 0 Å². The van der Waals surface area contributed by atoms with Gasteiger partial charge >= 0.3 is 0 Å². The molecule has 146 valence electrons. The summed E-state index contributed by atoms with van der Waals surface area (Å²) >= 11 is 0. The highest BCUT2D eigenvalue weighted by molar-refractivity contribution is 5.37. The fraction of sp³-hybridized carbons (Fsp3) is 0.727. The van der Waals surface area contributed by atoms with E-state index < -0.39 is 0 Å². The summed E-state index contributed by atoms with van der Waals surface area (Å²) in [7, 11) is 3.47. The molecule has 0 radical (unpaired) electrons. The SMILES string of the molecule is COCc1cc(CN2CCCN(CC3CC3)[C@@H](C(C)C)C2)ccc1OC. The third-order valence-electron chi connectivity index (χ3n) is 5.84. The van der Waals surface area contributed by atoms with Gasteiger partial charge in [-0.1, -0.05) is 19.9 Å². The van der Waals surface area contributed by atoms with Crippen molar-refractivity contribution in [1.29, 1.82) is 0 Å². The Hall–Kier alpha value is -1.10. The van der Waals surface area contributed by atoms with E-state index in [4.69, 9.17) is 9.47 Å². The molecule has 1 aliphatic carbocycles. The number of benzene rings is 1. The van der Waals surface area contributed by atoms with Gasteiger partial charge in [0, 0.05) is 38.3 Å². The van der Waals surface area contributed by atoms with Crippen LogP contribution in [0, 0.1) is 11.8 Å². The minimum atomic E-state index is 0.598. The van der Waals surface area contributed by atoms with Crippen LogP contribution in [-0.4, -0.2) is 56.2 Å². The maximum Gasteiger partial charge on any atom is 0.124 e. The molecule has 4 nitrogen and oxygen atoms in total. The monoisotopic (exact) mass is 360 g/mol. The van der Waals surface area contributed by atoms with E-state index in [9.17, 15) is 0 Å². The van der Waals surface area contributed by atoms with Gasteiger partial charge in [0.2, 0.25) is 0 Å². The number of ether oxygens (including phenoxy) is 2. The van der Waals surface area contributed by atoms with E-state index >= 15 is 0 Å². The zero-order valence-corrected chi connectivity index (χ0v) is 17.0. The summed E-state index contributed by atoms with van der Waals surface area (Å²) in [6.07, 6.45) is 4.16. The summed E-state index contributed by atoms with van der Waals surface area (Å²) in [5.74, 6) is 2.59. The van der Waals surface area contributed by atoms with Crippen LogP contribution in [0.2, 0.25) is 0 Å². The van der Waals surface area contributed by atoms with Crippen LogP contribution < -0.4 is 4.74 Å². The molecule has 0 aromatic heterocycles. The Morgan fingerprint density at radius 2 is 1.96 bits per heavy atom. The van der Waals surface area contributed by atoms with E-state index in [1.165, 1.54) is 51.0 Å². The van der Waals surface area contributed by atoms with Crippen molar-refractivity contribution in [1.82, 2.24) is 9.80 Å². The van der Waals surface area contributed by atoms with Crippen LogP contribution in [0.15, 0.2) is 18.2 Å². The first kappa shape index (κ1) is 19.7. The Morgan fingerprint density at radius 1 is 1.15 bits per heavy atom. The summed E-state index contributed by atoms with van der Waals surface area (Å²) in [6, 6.07) is 7.21. The van der Waals surface area contributed by atoms with Gasteiger partial charge in [0.25, 0.3) is 0 Å². The molecule has 1 saturated heterocycles. The molecule has 26 heavy (non-hydrogen) atoms. The lowest BCUT2D eigenvalue weighted by Crippen LogP contribution is -2.45.